The minimum Gasteiger partial charge on any atom is -0.394 e. The Morgan fingerprint density at radius 2 is 2.17 bits per heavy atom. The molecule has 2 heterocycles. The molecule has 6 heteroatoms. The standard InChI is InChI=1S/C6H5BrN4.BrH/c7-5-4(8)6-9-1-2-11(6)3-10-5;/h1-3H,8H2;1H. The lowest BCUT2D eigenvalue weighted by molar-refractivity contribution is 1.07. The van der Waals surface area contributed by atoms with Crippen molar-refractivity contribution in [3.8, 4) is 0 Å². The molecule has 4 nitrogen and oxygen atoms in total. The van der Waals surface area contributed by atoms with Gasteiger partial charge in [0.2, 0.25) is 0 Å². The molecule has 0 unspecified atom stereocenters. The molecule has 2 N–H and O–H groups in total. The second kappa shape index (κ2) is 3.40. The molecular formula is C6H6Br2N4. The summed E-state index contributed by atoms with van der Waals surface area (Å²) in [4.78, 5) is 8.04. The minimum atomic E-state index is 0. The number of rotatable bonds is 0. The van der Waals surface area contributed by atoms with Crippen LogP contribution in [0.4, 0.5) is 5.69 Å². The van der Waals surface area contributed by atoms with Crippen molar-refractivity contribution >= 4 is 44.2 Å². The zero-order valence-electron chi connectivity index (χ0n) is 5.94. The lowest BCUT2D eigenvalue weighted by Gasteiger charge is -1.97. The highest BCUT2D eigenvalue weighted by atomic mass is 79.9. The first-order chi connectivity index (χ1) is 5.29. The third kappa shape index (κ3) is 1.32. The van der Waals surface area contributed by atoms with Crippen molar-refractivity contribution in [3.05, 3.63) is 23.3 Å². The van der Waals surface area contributed by atoms with Gasteiger partial charge in [0.05, 0.1) is 0 Å². The Hall–Kier alpha value is -0.620. The van der Waals surface area contributed by atoms with Gasteiger partial charge in [-0.3, -0.25) is 4.40 Å². The number of imidazole rings is 1. The normalized spacial score (nSPS) is 9.75. The van der Waals surface area contributed by atoms with E-state index in [1.54, 1.807) is 23.1 Å². The average molecular weight is 294 g/mol. The van der Waals surface area contributed by atoms with Crippen LogP contribution in [0, 0.1) is 0 Å². The molecule has 12 heavy (non-hydrogen) atoms. The monoisotopic (exact) mass is 292 g/mol. The molecule has 0 saturated heterocycles. The molecule has 2 rings (SSSR count). The fourth-order valence-corrected chi connectivity index (χ4v) is 1.16. The van der Waals surface area contributed by atoms with Gasteiger partial charge >= 0.3 is 0 Å². The van der Waals surface area contributed by atoms with Crippen molar-refractivity contribution < 1.29 is 0 Å². The summed E-state index contributed by atoms with van der Waals surface area (Å²) in [5.41, 5.74) is 6.97. The Kier molecular flexibility index (Phi) is 2.69. The number of fused-ring (bicyclic) bond motifs is 1. The number of nitrogens with zero attached hydrogens (tertiary/aromatic N) is 3. The van der Waals surface area contributed by atoms with Crippen molar-refractivity contribution in [2.75, 3.05) is 5.73 Å². The van der Waals surface area contributed by atoms with Crippen LogP contribution in [0.2, 0.25) is 0 Å². The SMILES string of the molecule is Br.Nc1c(Br)ncn2ccnc12. The lowest BCUT2D eigenvalue weighted by atomic mass is 10.5. The molecule has 2 aromatic heterocycles. The van der Waals surface area contributed by atoms with E-state index in [-0.39, 0.29) is 17.0 Å². The van der Waals surface area contributed by atoms with Gasteiger partial charge in [0.25, 0.3) is 0 Å². The quantitative estimate of drug-likeness (QED) is 0.752. The molecular weight excluding hydrogens is 288 g/mol. The van der Waals surface area contributed by atoms with Gasteiger partial charge in [-0.2, -0.15) is 0 Å². The van der Waals surface area contributed by atoms with Crippen molar-refractivity contribution in [1.82, 2.24) is 14.4 Å². The van der Waals surface area contributed by atoms with Gasteiger partial charge in [-0.25, -0.2) is 9.97 Å². The van der Waals surface area contributed by atoms with E-state index in [4.69, 9.17) is 5.73 Å². The molecule has 0 spiro atoms. The smallest absolute Gasteiger partial charge is 0.164 e. The van der Waals surface area contributed by atoms with E-state index in [9.17, 15) is 0 Å². The van der Waals surface area contributed by atoms with E-state index in [2.05, 4.69) is 25.9 Å². The van der Waals surface area contributed by atoms with Gasteiger partial charge < -0.3 is 5.73 Å². The maximum Gasteiger partial charge on any atom is 0.164 e. The maximum absolute atomic E-state index is 5.67. The second-order valence-corrected chi connectivity index (χ2v) is 2.86. The van der Waals surface area contributed by atoms with E-state index in [0.717, 1.165) is 5.65 Å². The van der Waals surface area contributed by atoms with Crippen LogP contribution in [0.25, 0.3) is 5.65 Å². The number of nitrogens with two attached hydrogens (primary N) is 1. The van der Waals surface area contributed by atoms with E-state index in [1.165, 1.54) is 0 Å². The van der Waals surface area contributed by atoms with Crippen LogP contribution in [0.3, 0.4) is 0 Å². The molecule has 0 aliphatic carbocycles. The Balaban J connectivity index is 0.000000720. The first-order valence-corrected chi connectivity index (χ1v) is 3.81. The van der Waals surface area contributed by atoms with Gasteiger partial charge in [-0.05, 0) is 15.9 Å². The number of halogens is 2. The highest BCUT2D eigenvalue weighted by Crippen LogP contribution is 2.19. The number of hydrogen-bond acceptors (Lipinski definition) is 3. The van der Waals surface area contributed by atoms with Gasteiger partial charge in [-0.15, -0.1) is 17.0 Å². The molecule has 0 aliphatic rings. The summed E-state index contributed by atoms with van der Waals surface area (Å²) in [5.74, 6) is 0. The summed E-state index contributed by atoms with van der Waals surface area (Å²) in [5, 5.41) is 0. The molecule has 0 fully saturated rings. The summed E-state index contributed by atoms with van der Waals surface area (Å²) in [7, 11) is 0. The van der Waals surface area contributed by atoms with E-state index >= 15 is 0 Å². The van der Waals surface area contributed by atoms with Crippen LogP contribution < -0.4 is 5.73 Å². The summed E-state index contributed by atoms with van der Waals surface area (Å²) in [6.45, 7) is 0. The predicted molar refractivity (Wildman–Crippen MR) is 55.4 cm³/mol. The largest absolute Gasteiger partial charge is 0.394 e. The second-order valence-electron chi connectivity index (χ2n) is 2.11. The Morgan fingerprint density at radius 1 is 1.42 bits per heavy atom. The summed E-state index contributed by atoms with van der Waals surface area (Å²) >= 11 is 3.21. The molecule has 0 amide bonds. The number of hydrogen-bond donors (Lipinski definition) is 1. The highest BCUT2D eigenvalue weighted by molar-refractivity contribution is 9.10. The highest BCUT2D eigenvalue weighted by Gasteiger charge is 2.02. The molecule has 0 bridgehead atoms. The number of nitrogen functional groups attached to an aromatic ring is 1. The van der Waals surface area contributed by atoms with E-state index < -0.39 is 0 Å². The van der Waals surface area contributed by atoms with Crippen LogP contribution >= 0.6 is 32.9 Å². The molecule has 0 aliphatic heterocycles. The zero-order valence-corrected chi connectivity index (χ0v) is 9.24. The maximum atomic E-state index is 5.67. The molecule has 0 atom stereocenters. The fourth-order valence-electron chi connectivity index (χ4n) is 0.890. The fraction of sp³-hybridized carbons (Fsp3) is 0. The molecule has 0 aromatic carbocycles. The molecule has 64 valence electrons. The van der Waals surface area contributed by atoms with Crippen LogP contribution in [-0.4, -0.2) is 14.4 Å². The summed E-state index contributed by atoms with van der Waals surface area (Å²) in [6.07, 6.45) is 5.13. The van der Waals surface area contributed by atoms with Gasteiger partial charge in [0.15, 0.2) is 5.65 Å². The van der Waals surface area contributed by atoms with Crippen LogP contribution in [-0.2, 0) is 0 Å². The number of anilines is 1. The first-order valence-electron chi connectivity index (χ1n) is 3.01. The minimum absolute atomic E-state index is 0. The van der Waals surface area contributed by atoms with Gasteiger partial charge in [-0.1, -0.05) is 0 Å². The Labute approximate surface area is 87.7 Å². The molecule has 0 radical (unpaired) electrons. The van der Waals surface area contributed by atoms with Gasteiger partial charge in [0, 0.05) is 12.4 Å². The lowest BCUT2D eigenvalue weighted by Crippen LogP contribution is -1.95. The average Bonchev–Trinajstić information content (AvgIpc) is 2.45. The zero-order chi connectivity index (χ0) is 7.84. The van der Waals surface area contributed by atoms with Crippen LogP contribution in [0.15, 0.2) is 23.3 Å². The van der Waals surface area contributed by atoms with Crippen LogP contribution in [0.5, 0.6) is 0 Å². The van der Waals surface area contributed by atoms with Crippen molar-refractivity contribution in [3.63, 3.8) is 0 Å². The Bertz CT molecular complexity index is 397. The molecule has 0 saturated carbocycles. The summed E-state index contributed by atoms with van der Waals surface area (Å²) in [6, 6.07) is 0. The Morgan fingerprint density at radius 3 is 2.92 bits per heavy atom. The third-order valence-corrected chi connectivity index (χ3v) is 2.06. The van der Waals surface area contributed by atoms with Crippen molar-refractivity contribution in [2.45, 2.75) is 0 Å². The van der Waals surface area contributed by atoms with Crippen LogP contribution in [0.1, 0.15) is 0 Å². The van der Waals surface area contributed by atoms with E-state index in [1.807, 2.05) is 0 Å². The predicted octanol–water partition coefficient (Wildman–Crippen LogP) is 1.65. The van der Waals surface area contributed by atoms with Gasteiger partial charge in [0.1, 0.15) is 16.6 Å². The first kappa shape index (κ1) is 9.47. The van der Waals surface area contributed by atoms with Crippen molar-refractivity contribution in [1.29, 1.82) is 0 Å². The molecule has 2 aromatic rings. The topological polar surface area (TPSA) is 56.2 Å². The third-order valence-electron chi connectivity index (χ3n) is 1.43. The summed E-state index contributed by atoms with van der Waals surface area (Å²) < 4.78 is 2.40. The number of aromatic nitrogens is 3. The van der Waals surface area contributed by atoms with Crippen molar-refractivity contribution in [2.24, 2.45) is 0 Å². The van der Waals surface area contributed by atoms with E-state index in [0.29, 0.717) is 10.3 Å².